The lowest BCUT2D eigenvalue weighted by atomic mass is 10.2. The Balaban J connectivity index is 2.40. The summed E-state index contributed by atoms with van der Waals surface area (Å²) in [6.45, 7) is 3.77. The molecule has 1 heterocycles. The molecule has 0 spiro atoms. The lowest BCUT2D eigenvalue weighted by Gasteiger charge is -2.16. The van der Waals surface area contributed by atoms with Crippen LogP contribution in [0.4, 0.5) is 0 Å². The van der Waals surface area contributed by atoms with E-state index in [1.807, 2.05) is 0 Å². The van der Waals surface area contributed by atoms with Crippen LogP contribution in [-0.2, 0) is 19.4 Å². The number of hydrogen-bond acceptors (Lipinski definition) is 5. The SMILES string of the molecule is CCOC(=O)[C@H](C)N[C@@H]1CCS(=O)(=O)C1. The van der Waals surface area contributed by atoms with E-state index in [1.54, 1.807) is 13.8 Å². The van der Waals surface area contributed by atoms with Crippen molar-refractivity contribution in [1.82, 2.24) is 5.32 Å². The van der Waals surface area contributed by atoms with Gasteiger partial charge >= 0.3 is 5.97 Å². The zero-order valence-electron chi connectivity index (χ0n) is 9.02. The number of nitrogens with one attached hydrogen (secondary N) is 1. The van der Waals surface area contributed by atoms with Crippen molar-refractivity contribution in [3.05, 3.63) is 0 Å². The molecule has 15 heavy (non-hydrogen) atoms. The molecule has 0 saturated carbocycles. The van der Waals surface area contributed by atoms with Crippen LogP contribution in [0.1, 0.15) is 20.3 Å². The Morgan fingerprint density at radius 2 is 2.27 bits per heavy atom. The fourth-order valence-corrected chi connectivity index (χ4v) is 3.30. The van der Waals surface area contributed by atoms with Crippen molar-refractivity contribution >= 4 is 15.8 Å². The van der Waals surface area contributed by atoms with Crippen molar-refractivity contribution in [2.45, 2.75) is 32.4 Å². The van der Waals surface area contributed by atoms with Crippen LogP contribution in [0.25, 0.3) is 0 Å². The molecule has 88 valence electrons. The molecule has 0 aromatic rings. The molecule has 2 atom stereocenters. The van der Waals surface area contributed by atoms with Gasteiger partial charge in [-0.25, -0.2) is 8.42 Å². The zero-order chi connectivity index (χ0) is 11.5. The fraction of sp³-hybridized carbons (Fsp3) is 0.889. The predicted octanol–water partition coefficient (Wildman–Crippen LogP) is -0.285. The van der Waals surface area contributed by atoms with E-state index in [-0.39, 0.29) is 23.5 Å². The van der Waals surface area contributed by atoms with Gasteiger partial charge in [-0.1, -0.05) is 0 Å². The van der Waals surface area contributed by atoms with Gasteiger partial charge in [0.25, 0.3) is 0 Å². The summed E-state index contributed by atoms with van der Waals surface area (Å²) in [5.74, 6) is -0.00135. The zero-order valence-corrected chi connectivity index (χ0v) is 9.84. The van der Waals surface area contributed by atoms with Gasteiger partial charge in [0.2, 0.25) is 0 Å². The minimum atomic E-state index is -2.89. The maximum Gasteiger partial charge on any atom is 0.322 e. The van der Waals surface area contributed by atoms with Gasteiger partial charge in [-0.15, -0.1) is 0 Å². The average Bonchev–Trinajstić information content (AvgIpc) is 2.46. The second kappa shape index (κ2) is 4.94. The third-order valence-electron chi connectivity index (χ3n) is 2.36. The van der Waals surface area contributed by atoms with Crippen molar-refractivity contribution in [1.29, 1.82) is 0 Å². The molecule has 1 aliphatic heterocycles. The van der Waals surface area contributed by atoms with E-state index < -0.39 is 15.9 Å². The summed E-state index contributed by atoms with van der Waals surface area (Å²) in [5.41, 5.74) is 0. The van der Waals surface area contributed by atoms with Gasteiger partial charge in [-0.2, -0.15) is 0 Å². The summed E-state index contributed by atoms with van der Waals surface area (Å²) < 4.78 is 27.1. The molecule has 0 unspecified atom stereocenters. The molecule has 0 bridgehead atoms. The highest BCUT2D eigenvalue weighted by atomic mass is 32.2. The van der Waals surface area contributed by atoms with Gasteiger partial charge in [0.1, 0.15) is 6.04 Å². The molecule has 1 saturated heterocycles. The number of ether oxygens (including phenoxy) is 1. The number of carbonyl (C=O) groups excluding carboxylic acids is 1. The Bertz CT molecular complexity index is 325. The third-order valence-corrected chi connectivity index (χ3v) is 4.13. The number of sulfone groups is 1. The monoisotopic (exact) mass is 235 g/mol. The predicted molar refractivity (Wildman–Crippen MR) is 56.3 cm³/mol. The fourth-order valence-electron chi connectivity index (χ4n) is 1.62. The quantitative estimate of drug-likeness (QED) is 0.678. The van der Waals surface area contributed by atoms with Crippen molar-refractivity contribution in [3.8, 4) is 0 Å². The van der Waals surface area contributed by atoms with Gasteiger partial charge < -0.3 is 10.1 Å². The highest BCUT2D eigenvalue weighted by molar-refractivity contribution is 7.91. The number of esters is 1. The standard InChI is InChI=1S/C9H17NO4S/c1-3-14-9(11)7(2)10-8-4-5-15(12,13)6-8/h7-8,10H,3-6H2,1-2H3/t7-,8+/m0/s1. The summed E-state index contributed by atoms with van der Waals surface area (Å²) in [6, 6.07) is -0.558. The first-order valence-corrected chi connectivity index (χ1v) is 6.90. The number of rotatable bonds is 4. The van der Waals surface area contributed by atoms with Crippen molar-refractivity contribution in [2.75, 3.05) is 18.1 Å². The minimum Gasteiger partial charge on any atom is -0.465 e. The Kier molecular flexibility index (Phi) is 4.10. The van der Waals surface area contributed by atoms with Gasteiger partial charge in [-0.3, -0.25) is 4.79 Å². The van der Waals surface area contributed by atoms with Crippen LogP contribution in [-0.4, -0.2) is 44.6 Å². The molecule has 0 radical (unpaired) electrons. The summed E-state index contributed by atoms with van der Waals surface area (Å²) in [6.07, 6.45) is 0.575. The van der Waals surface area contributed by atoms with Crippen LogP contribution in [0.5, 0.6) is 0 Å². The molecular weight excluding hydrogens is 218 g/mol. The maximum absolute atomic E-state index is 11.3. The normalized spacial score (nSPS) is 26.1. The molecule has 0 aromatic heterocycles. The summed E-state index contributed by atoms with van der Waals surface area (Å²) in [5, 5.41) is 2.97. The molecule has 0 amide bonds. The highest BCUT2D eigenvalue weighted by Gasteiger charge is 2.30. The second-order valence-electron chi connectivity index (χ2n) is 3.74. The van der Waals surface area contributed by atoms with Crippen LogP contribution in [0.3, 0.4) is 0 Å². The van der Waals surface area contributed by atoms with Crippen LogP contribution in [0.15, 0.2) is 0 Å². The minimum absolute atomic E-state index is 0.116. The molecule has 1 rings (SSSR count). The Labute approximate surface area is 90.1 Å². The van der Waals surface area contributed by atoms with Crippen LogP contribution < -0.4 is 5.32 Å². The van der Waals surface area contributed by atoms with Gasteiger partial charge in [-0.05, 0) is 20.3 Å². The lowest BCUT2D eigenvalue weighted by Crippen LogP contribution is -2.42. The van der Waals surface area contributed by atoms with E-state index in [0.29, 0.717) is 13.0 Å². The van der Waals surface area contributed by atoms with E-state index >= 15 is 0 Å². The largest absolute Gasteiger partial charge is 0.465 e. The van der Waals surface area contributed by atoms with E-state index in [9.17, 15) is 13.2 Å². The number of hydrogen-bond donors (Lipinski definition) is 1. The van der Waals surface area contributed by atoms with E-state index in [0.717, 1.165) is 0 Å². The Morgan fingerprint density at radius 1 is 1.60 bits per heavy atom. The third kappa shape index (κ3) is 3.79. The number of carbonyl (C=O) groups is 1. The topological polar surface area (TPSA) is 72.5 Å². The first kappa shape index (κ1) is 12.4. The van der Waals surface area contributed by atoms with E-state index in [4.69, 9.17) is 4.74 Å². The molecule has 0 aliphatic carbocycles. The average molecular weight is 235 g/mol. The summed E-state index contributed by atoms with van der Waals surface area (Å²) in [7, 11) is -2.89. The van der Waals surface area contributed by atoms with Gasteiger partial charge in [0, 0.05) is 6.04 Å². The Hall–Kier alpha value is -0.620. The van der Waals surface area contributed by atoms with Crippen LogP contribution in [0.2, 0.25) is 0 Å². The summed E-state index contributed by atoms with van der Waals surface area (Å²) >= 11 is 0. The first-order chi connectivity index (χ1) is 6.94. The van der Waals surface area contributed by atoms with Crippen molar-refractivity contribution in [2.24, 2.45) is 0 Å². The molecule has 6 heteroatoms. The maximum atomic E-state index is 11.3. The van der Waals surface area contributed by atoms with Crippen LogP contribution in [0, 0.1) is 0 Å². The van der Waals surface area contributed by atoms with Crippen molar-refractivity contribution in [3.63, 3.8) is 0 Å². The van der Waals surface area contributed by atoms with E-state index in [1.165, 1.54) is 0 Å². The highest BCUT2D eigenvalue weighted by Crippen LogP contribution is 2.11. The summed E-state index contributed by atoms with van der Waals surface area (Å²) in [4.78, 5) is 11.3. The van der Waals surface area contributed by atoms with Gasteiger partial charge in [0.05, 0.1) is 18.1 Å². The first-order valence-electron chi connectivity index (χ1n) is 5.07. The molecule has 1 fully saturated rings. The van der Waals surface area contributed by atoms with Crippen LogP contribution >= 0.6 is 0 Å². The van der Waals surface area contributed by atoms with E-state index in [2.05, 4.69) is 5.32 Å². The van der Waals surface area contributed by atoms with Crippen molar-refractivity contribution < 1.29 is 17.9 Å². The Morgan fingerprint density at radius 3 is 2.73 bits per heavy atom. The molecular formula is C9H17NO4S. The second-order valence-corrected chi connectivity index (χ2v) is 5.97. The lowest BCUT2D eigenvalue weighted by molar-refractivity contribution is -0.145. The smallest absolute Gasteiger partial charge is 0.322 e. The molecule has 1 N–H and O–H groups in total. The molecule has 1 aliphatic rings. The molecule has 5 nitrogen and oxygen atoms in total. The van der Waals surface area contributed by atoms with Gasteiger partial charge in [0.15, 0.2) is 9.84 Å². The molecule has 0 aromatic carbocycles.